The maximum atomic E-state index is 11.9. The van der Waals surface area contributed by atoms with Crippen LogP contribution in [-0.4, -0.2) is 23.0 Å². The summed E-state index contributed by atoms with van der Waals surface area (Å²) >= 11 is 5.77. The molecule has 104 valence electrons. The lowest BCUT2D eigenvalue weighted by molar-refractivity contribution is -0.121. The van der Waals surface area contributed by atoms with Gasteiger partial charge in [0, 0.05) is 5.02 Å². The Balaban J connectivity index is 2.65. The van der Waals surface area contributed by atoms with Crippen LogP contribution in [0, 0.1) is 5.92 Å². The van der Waals surface area contributed by atoms with Crippen LogP contribution in [0.2, 0.25) is 5.02 Å². The van der Waals surface area contributed by atoms with Crippen molar-refractivity contribution in [3.05, 3.63) is 34.9 Å². The molecule has 0 spiro atoms. The number of nitrogens with zero attached hydrogens (tertiary/aromatic N) is 1. The summed E-state index contributed by atoms with van der Waals surface area (Å²) in [5, 5.41) is 15.0. The SMILES string of the molecule is CC(C)C(NC(=O)Cc1ccc(Cl)cc1)C(N)=NO. The Bertz CT molecular complexity index is 457. The first-order valence-corrected chi connectivity index (χ1v) is 6.33. The normalized spacial score (nSPS) is 13.4. The molecule has 0 radical (unpaired) electrons. The third-order valence-corrected chi connectivity index (χ3v) is 2.95. The lowest BCUT2D eigenvalue weighted by atomic mass is 10.0. The van der Waals surface area contributed by atoms with Crippen LogP contribution in [0.25, 0.3) is 0 Å². The van der Waals surface area contributed by atoms with Gasteiger partial charge in [-0.3, -0.25) is 4.79 Å². The Hall–Kier alpha value is -1.75. The van der Waals surface area contributed by atoms with Gasteiger partial charge < -0.3 is 16.3 Å². The number of carbonyl (C=O) groups excluding carboxylic acids is 1. The zero-order chi connectivity index (χ0) is 14.4. The van der Waals surface area contributed by atoms with E-state index in [0.29, 0.717) is 5.02 Å². The third-order valence-electron chi connectivity index (χ3n) is 2.70. The number of rotatable bonds is 5. The molecule has 0 aliphatic rings. The first-order valence-electron chi connectivity index (χ1n) is 5.95. The molecule has 0 fully saturated rings. The Kier molecular flexibility index (Phi) is 5.63. The minimum atomic E-state index is -0.482. The number of benzene rings is 1. The average molecular weight is 284 g/mol. The van der Waals surface area contributed by atoms with Crippen LogP contribution in [-0.2, 0) is 11.2 Å². The molecule has 1 unspecified atom stereocenters. The van der Waals surface area contributed by atoms with Crippen molar-refractivity contribution in [3.63, 3.8) is 0 Å². The van der Waals surface area contributed by atoms with E-state index in [1.54, 1.807) is 24.3 Å². The van der Waals surface area contributed by atoms with Gasteiger partial charge in [-0.2, -0.15) is 0 Å². The van der Waals surface area contributed by atoms with Gasteiger partial charge in [0.25, 0.3) is 0 Å². The molecule has 1 atom stereocenters. The Labute approximate surface area is 117 Å². The number of halogens is 1. The molecule has 1 amide bonds. The highest BCUT2D eigenvalue weighted by molar-refractivity contribution is 6.30. The fraction of sp³-hybridized carbons (Fsp3) is 0.385. The molecule has 0 bridgehead atoms. The summed E-state index contributed by atoms with van der Waals surface area (Å²) in [5.41, 5.74) is 6.40. The van der Waals surface area contributed by atoms with Gasteiger partial charge >= 0.3 is 0 Å². The predicted octanol–water partition coefficient (Wildman–Crippen LogP) is 1.77. The van der Waals surface area contributed by atoms with Crippen LogP contribution in [0.3, 0.4) is 0 Å². The van der Waals surface area contributed by atoms with E-state index in [9.17, 15) is 4.79 Å². The summed E-state index contributed by atoms with van der Waals surface area (Å²) < 4.78 is 0. The molecular formula is C13H18ClN3O2. The largest absolute Gasteiger partial charge is 0.409 e. The van der Waals surface area contributed by atoms with Gasteiger partial charge in [0.05, 0.1) is 12.5 Å². The van der Waals surface area contributed by atoms with E-state index in [-0.39, 0.29) is 24.1 Å². The maximum Gasteiger partial charge on any atom is 0.225 e. The van der Waals surface area contributed by atoms with Crippen molar-refractivity contribution in [3.8, 4) is 0 Å². The van der Waals surface area contributed by atoms with Crippen molar-refractivity contribution >= 4 is 23.3 Å². The number of nitrogens with one attached hydrogen (secondary N) is 1. The van der Waals surface area contributed by atoms with Crippen LogP contribution >= 0.6 is 11.6 Å². The van der Waals surface area contributed by atoms with Crippen LogP contribution in [0.1, 0.15) is 19.4 Å². The van der Waals surface area contributed by atoms with Crippen LogP contribution in [0.4, 0.5) is 0 Å². The lowest BCUT2D eigenvalue weighted by Gasteiger charge is -2.20. The second-order valence-electron chi connectivity index (χ2n) is 4.62. The van der Waals surface area contributed by atoms with Crippen molar-refractivity contribution in [2.45, 2.75) is 26.3 Å². The Morgan fingerprint density at radius 3 is 2.47 bits per heavy atom. The second kappa shape index (κ2) is 6.99. The fourth-order valence-electron chi connectivity index (χ4n) is 1.66. The van der Waals surface area contributed by atoms with E-state index in [1.807, 2.05) is 13.8 Å². The van der Waals surface area contributed by atoms with Crippen LogP contribution < -0.4 is 11.1 Å². The van der Waals surface area contributed by atoms with E-state index < -0.39 is 6.04 Å². The van der Waals surface area contributed by atoms with Crippen molar-refractivity contribution in [2.24, 2.45) is 16.8 Å². The van der Waals surface area contributed by atoms with Crippen molar-refractivity contribution in [1.82, 2.24) is 5.32 Å². The molecule has 1 aromatic rings. The highest BCUT2D eigenvalue weighted by Gasteiger charge is 2.20. The monoisotopic (exact) mass is 283 g/mol. The number of hydrogen-bond acceptors (Lipinski definition) is 3. The van der Waals surface area contributed by atoms with Crippen molar-refractivity contribution < 1.29 is 10.0 Å². The van der Waals surface area contributed by atoms with Gasteiger partial charge in [-0.05, 0) is 23.6 Å². The molecule has 0 aliphatic carbocycles. The zero-order valence-corrected chi connectivity index (χ0v) is 11.7. The molecule has 0 aromatic heterocycles. The molecule has 0 heterocycles. The quantitative estimate of drug-likeness (QED) is 0.333. The summed E-state index contributed by atoms with van der Waals surface area (Å²) in [6, 6.07) is 6.55. The van der Waals surface area contributed by atoms with Crippen molar-refractivity contribution in [2.75, 3.05) is 0 Å². The standard InChI is InChI=1S/C13H18ClN3O2/c1-8(2)12(13(15)17-19)16-11(18)7-9-3-5-10(14)6-4-9/h3-6,8,12,19H,7H2,1-2H3,(H2,15,17)(H,16,18). The maximum absolute atomic E-state index is 11.9. The van der Waals surface area contributed by atoms with Crippen LogP contribution in [0.5, 0.6) is 0 Å². The first-order chi connectivity index (χ1) is 8.93. The number of amides is 1. The summed E-state index contributed by atoms with van der Waals surface area (Å²) in [5.74, 6) is -0.155. The third kappa shape index (κ3) is 4.79. The number of hydrogen-bond donors (Lipinski definition) is 3. The number of amidine groups is 1. The molecule has 0 aliphatic heterocycles. The van der Waals surface area contributed by atoms with Gasteiger partial charge in [-0.1, -0.05) is 42.7 Å². The summed E-state index contributed by atoms with van der Waals surface area (Å²) in [6.45, 7) is 3.76. The number of carbonyl (C=O) groups is 1. The molecule has 5 nitrogen and oxygen atoms in total. The summed E-state index contributed by atoms with van der Waals surface area (Å²) in [7, 11) is 0. The zero-order valence-electron chi connectivity index (χ0n) is 10.9. The second-order valence-corrected chi connectivity index (χ2v) is 5.05. The number of nitrogens with two attached hydrogens (primary N) is 1. The highest BCUT2D eigenvalue weighted by Crippen LogP contribution is 2.10. The summed E-state index contributed by atoms with van der Waals surface area (Å²) in [6.07, 6.45) is 0.221. The fourth-order valence-corrected chi connectivity index (χ4v) is 1.78. The van der Waals surface area contributed by atoms with Crippen LogP contribution in [0.15, 0.2) is 29.4 Å². The smallest absolute Gasteiger partial charge is 0.225 e. The minimum absolute atomic E-state index is 0.000504. The topological polar surface area (TPSA) is 87.7 Å². The molecule has 19 heavy (non-hydrogen) atoms. The first kappa shape index (κ1) is 15.3. The van der Waals surface area contributed by atoms with E-state index in [1.165, 1.54) is 0 Å². The number of oxime groups is 1. The molecule has 0 saturated heterocycles. The van der Waals surface area contributed by atoms with E-state index in [0.717, 1.165) is 5.56 Å². The van der Waals surface area contributed by atoms with Crippen molar-refractivity contribution in [1.29, 1.82) is 0 Å². The van der Waals surface area contributed by atoms with Gasteiger partial charge in [-0.25, -0.2) is 0 Å². The van der Waals surface area contributed by atoms with Gasteiger partial charge in [0.1, 0.15) is 0 Å². The van der Waals surface area contributed by atoms with E-state index in [4.69, 9.17) is 22.5 Å². The highest BCUT2D eigenvalue weighted by atomic mass is 35.5. The van der Waals surface area contributed by atoms with Gasteiger partial charge in [0.15, 0.2) is 5.84 Å². The molecule has 4 N–H and O–H groups in total. The Morgan fingerprint density at radius 1 is 1.42 bits per heavy atom. The summed E-state index contributed by atoms with van der Waals surface area (Å²) in [4.78, 5) is 11.9. The molecule has 0 saturated carbocycles. The molecule has 1 aromatic carbocycles. The van der Waals surface area contributed by atoms with Gasteiger partial charge in [0.2, 0.25) is 5.91 Å². The molecule has 1 rings (SSSR count). The molecule has 6 heteroatoms. The minimum Gasteiger partial charge on any atom is -0.409 e. The predicted molar refractivity (Wildman–Crippen MR) is 75.3 cm³/mol. The molecular weight excluding hydrogens is 266 g/mol. The van der Waals surface area contributed by atoms with E-state index >= 15 is 0 Å². The van der Waals surface area contributed by atoms with Gasteiger partial charge in [-0.15, -0.1) is 0 Å². The average Bonchev–Trinajstić information content (AvgIpc) is 2.37. The van der Waals surface area contributed by atoms with E-state index in [2.05, 4.69) is 10.5 Å². The Morgan fingerprint density at radius 2 is 2.00 bits per heavy atom. The lowest BCUT2D eigenvalue weighted by Crippen LogP contribution is -2.48.